The third kappa shape index (κ3) is 4.20. The van der Waals surface area contributed by atoms with Gasteiger partial charge in [-0.05, 0) is 23.8 Å². The van der Waals surface area contributed by atoms with Gasteiger partial charge in [0.1, 0.15) is 10.8 Å². The monoisotopic (exact) mass is 282 g/mol. The number of carbonyl (C=O) groups is 1. The average Bonchev–Trinajstić information content (AvgIpc) is 2.21. The molecular weight excluding hydrogens is 277 g/mol. The zero-order valence-corrected chi connectivity index (χ0v) is 9.67. The molecule has 0 aromatic heterocycles. The van der Waals surface area contributed by atoms with E-state index in [0.717, 1.165) is 6.08 Å². The summed E-state index contributed by atoms with van der Waals surface area (Å²) in [7, 11) is 0. The maximum Gasteiger partial charge on any atom is 0.387 e. The van der Waals surface area contributed by atoms with Crippen LogP contribution in [0.3, 0.4) is 0 Å². The van der Waals surface area contributed by atoms with Gasteiger partial charge in [-0.3, -0.25) is 0 Å². The second-order valence-corrected chi connectivity index (χ2v) is 3.65. The fourth-order valence-electron chi connectivity index (χ4n) is 1.03. The lowest BCUT2D eigenvalue weighted by Gasteiger charge is -2.08. The first kappa shape index (κ1) is 13.7. The highest BCUT2D eigenvalue weighted by Crippen LogP contribution is 2.34. The molecule has 0 spiro atoms. The van der Waals surface area contributed by atoms with Gasteiger partial charge in [0.25, 0.3) is 0 Å². The van der Waals surface area contributed by atoms with Gasteiger partial charge in [0.15, 0.2) is 0 Å². The summed E-state index contributed by atoms with van der Waals surface area (Å²) in [6.45, 7) is -3.04. The van der Waals surface area contributed by atoms with E-state index in [-0.39, 0.29) is 21.4 Å². The fraction of sp³-hybridized carbons (Fsp3) is 0.100. The molecule has 0 heterocycles. The molecule has 0 saturated carbocycles. The van der Waals surface area contributed by atoms with E-state index in [1.807, 2.05) is 0 Å². The normalized spacial score (nSPS) is 11.1. The van der Waals surface area contributed by atoms with E-state index in [1.165, 1.54) is 18.2 Å². The van der Waals surface area contributed by atoms with E-state index in [2.05, 4.69) is 4.74 Å². The van der Waals surface area contributed by atoms with Crippen LogP contribution in [-0.4, -0.2) is 17.7 Å². The van der Waals surface area contributed by atoms with E-state index in [1.54, 1.807) is 0 Å². The van der Waals surface area contributed by atoms with Gasteiger partial charge in [-0.15, -0.1) is 0 Å². The molecular formula is C10H6Cl2F2O3. The minimum atomic E-state index is -3.04. The van der Waals surface area contributed by atoms with Crippen LogP contribution in [-0.2, 0) is 4.79 Å². The maximum atomic E-state index is 12.0. The maximum absolute atomic E-state index is 12.0. The number of hydrogen-bond acceptors (Lipinski definition) is 2. The second-order valence-electron chi connectivity index (χ2n) is 2.86. The Labute approximate surface area is 105 Å². The molecule has 1 aromatic rings. The minimum absolute atomic E-state index is 0.00476. The highest BCUT2D eigenvalue weighted by atomic mass is 35.5. The van der Waals surface area contributed by atoms with Crippen LogP contribution in [0.2, 0.25) is 10.0 Å². The van der Waals surface area contributed by atoms with Crippen molar-refractivity contribution in [2.24, 2.45) is 0 Å². The number of hydrogen-bond donors (Lipinski definition) is 1. The van der Waals surface area contributed by atoms with Gasteiger partial charge >= 0.3 is 12.6 Å². The molecule has 1 N–H and O–H groups in total. The smallest absolute Gasteiger partial charge is 0.387 e. The van der Waals surface area contributed by atoms with Crippen molar-refractivity contribution >= 4 is 35.2 Å². The van der Waals surface area contributed by atoms with Crippen LogP contribution < -0.4 is 4.74 Å². The predicted octanol–water partition coefficient (Wildman–Crippen LogP) is 3.69. The first-order valence-electron chi connectivity index (χ1n) is 4.25. The molecule has 92 valence electrons. The summed E-state index contributed by atoms with van der Waals surface area (Å²) >= 11 is 11.3. The summed E-state index contributed by atoms with van der Waals surface area (Å²) in [5.74, 6) is -1.48. The number of rotatable bonds is 4. The standard InChI is InChI=1S/C10H6Cl2F2O3/c11-6-3-5(1-2-8(15)16)4-7(9(6)12)17-10(13)14/h1-4,10H,(H,15,16)/b2-1+. The highest BCUT2D eigenvalue weighted by Gasteiger charge is 2.12. The molecule has 0 bridgehead atoms. The number of carboxylic acid groups (broad SMARTS) is 1. The van der Waals surface area contributed by atoms with Crippen LogP contribution in [0.1, 0.15) is 5.56 Å². The van der Waals surface area contributed by atoms with Gasteiger partial charge in [-0.1, -0.05) is 23.2 Å². The molecule has 1 aromatic carbocycles. The van der Waals surface area contributed by atoms with Crippen molar-refractivity contribution in [2.75, 3.05) is 0 Å². The summed E-state index contributed by atoms with van der Waals surface area (Å²) in [5, 5.41) is 8.26. The molecule has 0 aliphatic rings. The van der Waals surface area contributed by atoms with Crippen molar-refractivity contribution in [3.63, 3.8) is 0 Å². The van der Waals surface area contributed by atoms with Gasteiger partial charge < -0.3 is 9.84 Å². The zero-order chi connectivity index (χ0) is 13.0. The van der Waals surface area contributed by atoms with E-state index in [4.69, 9.17) is 28.3 Å². The Kier molecular flexibility index (Phi) is 4.72. The molecule has 0 aliphatic heterocycles. The van der Waals surface area contributed by atoms with E-state index >= 15 is 0 Å². The third-order valence-electron chi connectivity index (χ3n) is 1.65. The molecule has 0 atom stereocenters. The minimum Gasteiger partial charge on any atom is -0.478 e. The van der Waals surface area contributed by atoms with Crippen LogP contribution in [0.4, 0.5) is 8.78 Å². The molecule has 1 rings (SSSR count). The number of alkyl halides is 2. The molecule has 3 nitrogen and oxygen atoms in total. The fourth-order valence-corrected chi connectivity index (χ4v) is 1.40. The van der Waals surface area contributed by atoms with Crippen LogP contribution >= 0.6 is 23.2 Å². The number of ether oxygens (including phenoxy) is 1. The van der Waals surface area contributed by atoms with Gasteiger partial charge in [0, 0.05) is 6.08 Å². The summed E-state index contributed by atoms with van der Waals surface area (Å²) in [6.07, 6.45) is 2.02. The molecule has 0 unspecified atom stereocenters. The van der Waals surface area contributed by atoms with E-state index in [0.29, 0.717) is 0 Å². The van der Waals surface area contributed by atoms with Gasteiger partial charge in [0.05, 0.1) is 5.02 Å². The van der Waals surface area contributed by atoms with Crippen molar-refractivity contribution in [1.29, 1.82) is 0 Å². The SMILES string of the molecule is O=C(O)/C=C/c1cc(Cl)c(Cl)c(OC(F)F)c1. The molecule has 0 saturated heterocycles. The summed E-state index contributed by atoms with van der Waals surface area (Å²) in [5.41, 5.74) is 0.289. The Hall–Kier alpha value is -1.33. The number of halogens is 4. The Balaban J connectivity index is 3.09. The third-order valence-corrected chi connectivity index (χ3v) is 2.44. The average molecular weight is 283 g/mol. The molecule has 17 heavy (non-hydrogen) atoms. The molecule has 7 heteroatoms. The molecule has 0 fully saturated rings. The van der Waals surface area contributed by atoms with Crippen LogP contribution in [0.15, 0.2) is 18.2 Å². The quantitative estimate of drug-likeness (QED) is 0.857. The van der Waals surface area contributed by atoms with Gasteiger partial charge in [0.2, 0.25) is 0 Å². The van der Waals surface area contributed by atoms with Crippen molar-refractivity contribution < 1.29 is 23.4 Å². The molecule has 0 aliphatic carbocycles. The van der Waals surface area contributed by atoms with Crippen LogP contribution in [0.5, 0.6) is 5.75 Å². The predicted molar refractivity (Wildman–Crippen MR) is 59.8 cm³/mol. The molecule has 0 radical (unpaired) electrons. The molecule has 0 amide bonds. The Morgan fingerprint density at radius 3 is 2.59 bits per heavy atom. The van der Waals surface area contributed by atoms with Crippen molar-refractivity contribution in [3.05, 3.63) is 33.8 Å². The topological polar surface area (TPSA) is 46.5 Å². The van der Waals surface area contributed by atoms with Crippen molar-refractivity contribution in [2.45, 2.75) is 6.61 Å². The second kappa shape index (κ2) is 5.84. The summed E-state index contributed by atoms with van der Waals surface area (Å²) < 4.78 is 28.2. The summed E-state index contributed by atoms with van der Waals surface area (Å²) in [6, 6.07) is 2.50. The Bertz CT molecular complexity index is 461. The largest absolute Gasteiger partial charge is 0.478 e. The van der Waals surface area contributed by atoms with Gasteiger partial charge in [-0.25, -0.2) is 4.79 Å². The van der Waals surface area contributed by atoms with Crippen LogP contribution in [0, 0.1) is 0 Å². The number of carboxylic acids is 1. The van der Waals surface area contributed by atoms with E-state index < -0.39 is 12.6 Å². The van der Waals surface area contributed by atoms with Gasteiger partial charge in [-0.2, -0.15) is 8.78 Å². The van der Waals surface area contributed by atoms with Crippen molar-refractivity contribution in [3.8, 4) is 5.75 Å². The summed E-state index contributed by atoms with van der Waals surface area (Å²) in [4.78, 5) is 10.3. The lowest BCUT2D eigenvalue weighted by molar-refractivity contribution is -0.131. The number of benzene rings is 1. The zero-order valence-electron chi connectivity index (χ0n) is 8.16. The first-order chi connectivity index (χ1) is 7.90. The van der Waals surface area contributed by atoms with E-state index in [9.17, 15) is 13.6 Å². The van der Waals surface area contributed by atoms with Crippen molar-refractivity contribution in [1.82, 2.24) is 0 Å². The number of aliphatic carboxylic acids is 1. The lowest BCUT2D eigenvalue weighted by Crippen LogP contribution is -2.02. The first-order valence-corrected chi connectivity index (χ1v) is 5.00. The lowest BCUT2D eigenvalue weighted by atomic mass is 10.2. The highest BCUT2D eigenvalue weighted by molar-refractivity contribution is 6.43. The Morgan fingerprint density at radius 1 is 1.41 bits per heavy atom. The Morgan fingerprint density at radius 2 is 2.06 bits per heavy atom. The van der Waals surface area contributed by atoms with Crippen LogP contribution in [0.25, 0.3) is 6.08 Å².